The van der Waals surface area contributed by atoms with Gasteiger partial charge in [-0.25, -0.2) is 0 Å². The van der Waals surface area contributed by atoms with Crippen LogP contribution in [0.15, 0.2) is 18.2 Å². The summed E-state index contributed by atoms with van der Waals surface area (Å²) in [6.07, 6.45) is -0.0200. The Hall–Kier alpha value is -1.14. The molecule has 0 aliphatic heterocycles. The van der Waals surface area contributed by atoms with Crippen LogP contribution in [-0.2, 0) is 10.1 Å². The molecule has 0 N–H and O–H groups in total. The molecule has 17 heavy (non-hydrogen) atoms. The molecule has 1 atom stereocenters. The van der Waals surface area contributed by atoms with Crippen LogP contribution in [-0.4, -0.2) is 24.7 Å². The SMILES string of the molecule is COC(C)COc1ccc([N+](=O)[O-])cc1CBr. The van der Waals surface area contributed by atoms with Gasteiger partial charge in [-0.3, -0.25) is 10.1 Å². The predicted octanol–water partition coefficient (Wildman–Crippen LogP) is 2.90. The molecule has 0 bridgehead atoms. The third kappa shape index (κ3) is 3.98. The van der Waals surface area contributed by atoms with E-state index in [1.165, 1.54) is 12.1 Å². The maximum atomic E-state index is 10.6. The van der Waals surface area contributed by atoms with Crippen molar-refractivity contribution in [1.82, 2.24) is 0 Å². The van der Waals surface area contributed by atoms with Gasteiger partial charge >= 0.3 is 0 Å². The van der Waals surface area contributed by atoms with Crippen LogP contribution in [0.1, 0.15) is 12.5 Å². The first-order valence-electron chi connectivity index (χ1n) is 5.07. The highest BCUT2D eigenvalue weighted by Crippen LogP contribution is 2.26. The van der Waals surface area contributed by atoms with Gasteiger partial charge in [-0.1, -0.05) is 15.9 Å². The van der Waals surface area contributed by atoms with Crippen molar-refractivity contribution in [3.05, 3.63) is 33.9 Å². The maximum Gasteiger partial charge on any atom is 0.270 e. The van der Waals surface area contributed by atoms with Crippen molar-refractivity contribution in [3.8, 4) is 5.75 Å². The molecular weight excluding hydrogens is 290 g/mol. The summed E-state index contributed by atoms with van der Waals surface area (Å²) in [6, 6.07) is 4.54. The molecule has 1 rings (SSSR count). The summed E-state index contributed by atoms with van der Waals surface area (Å²) in [5.41, 5.74) is 0.814. The first-order valence-corrected chi connectivity index (χ1v) is 6.19. The number of hydrogen-bond acceptors (Lipinski definition) is 4. The normalized spacial score (nSPS) is 12.2. The van der Waals surface area contributed by atoms with Gasteiger partial charge < -0.3 is 9.47 Å². The number of nitrogens with zero attached hydrogens (tertiary/aromatic N) is 1. The second kappa shape index (κ2) is 6.56. The molecule has 0 saturated heterocycles. The zero-order valence-corrected chi connectivity index (χ0v) is 11.3. The zero-order chi connectivity index (χ0) is 12.8. The average molecular weight is 304 g/mol. The molecule has 1 aromatic carbocycles. The van der Waals surface area contributed by atoms with Gasteiger partial charge in [-0.2, -0.15) is 0 Å². The van der Waals surface area contributed by atoms with Gasteiger partial charge in [0.05, 0.1) is 11.0 Å². The first kappa shape index (κ1) is 13.9. The minimum absolute atomic E-state index is 0.0200. The number of alkyl halides is 1. The van der Waals surface area contributed by atoms with Gasteiger partial charge in [0.25, 0.3) is 5.69 Å². The molecule has 0 heterocycles. The van der Waals surface area contributed by atoms with E-state index in [1.807, 2.05) is 6.92 Å². The number of benzene rings is 1. The number of halogens is 1. The number of methoxy groups -OCH3 is 1. The zero-order valence-electron chi connectivity index (χ0n) is 9.68. The number of non-ortho nitro benzene ring substituents is 1. The minimum atomic E-state index is -0.423. The lowest BCUT2D eigenvalue weighted by Crippen LogP contribution is -2.16. The highest BCUT2D eigenvalue weighted by Gasteiger charge is 2.11. The van der Waals surface area contributed by atoms with E-state index < -0.39 is 4.92 Å². The lowest BCUT2D eigenvalue weighted by atomic mass is 10.2. The van der Waals surface area contributed by atoms with Crippen LogP contribution < -0.4 is 4.74 Å². The van der Waals surface area contributed by atoms with Crippen LogP contribution in [0.4, 0.5) is 5.69 Å². The van der Waals surface area contributed by atoms with Crippen molar-refractivity contribution < 1.29 is 14.4 Å². The Kier molecular flexibility index (Phi) is 5.37. The van der Waals surface area contributed by atoms with Gasteiger partial charge in [0.2, 0.25) is 0 Å². The molecule has 0 saturated carbocycles. The smallest absolute Gasteiger partial charge is 0.270 e. The standard InChI is InChI=1S/C11H14BrNO4/c1-8(16-2)7-17-11-4-3-10(13(14)15)5-9(11)6-12/h3-5,8H,6-7H2,1-2H3. The fraction of sp³-hybridized carbons (Fsp3) is 0.455. The quantitative estimate of drug-likeness (QED) is 0.460. The van der Waals surface area contributed by atoms with E-state index in [2.05, 4.69) is 15.9 Å². The second-order valence-corrected chi connectivity index (χ2v) is 4.10. The van der Waals surface area contributed by atoms with E-state index in [4.69, 9.17) is 9.47 Å². The second-order valence-electron chi connectivity index (χ2n) is 3.54. The van der Waals surface area contributed by atoms with Crippen molar-refractivity contribution in [3.63, 3.8) is 0 Å². The Balaban J connectivity index is 2.82. The Morgan fingerprint density at radius 1 is 1.53 bits per heavy atom. The molecule has 0 aromatic heterocycles. The summed E-state index contributed by atoms with van der Waals surface area (Å²) >= 11 is 3.28. The van der Waals surface area contributed by atoms with Gasteiger partial charge in [0.1, 0.15) is 12.4 Å². The third-order valence-corrected chi connectivity index (χ3v) is 2.88. The van der Waals surface area contributed by atoms with Crippen LogP contribution in [0.5, 0.6) is 5.75 Å². The average Bonchev–Trinajstić information content (AvgIpc) is 2.35. The molecule has 94 valence electrons. The Labute approximate surface area is 108 Å². The molecular formula is C11H14BrNO4. The molecule has 1 unspecified atom stereocenters. The van der Waals surface area contributed by atoms with E-state index in [0.29, 0.717) is 17.7 Å². The molecule has 5 nitrogen and oxygen atoms in total. The monoisotopic (exact) mass is 303 g/mol. The number of nitro benzene ring substituents is 1. The summed E-state index contributed by atoms with van der Waals surface area (Å²) in [5.74, 6) is 0.636. The molecule has 0 fully saturated rings. The van der Waals surface area contributed by atoms with Gasteiger partial charge in [-0.05, 0) is 13.0 Å². The molecule has 0 aliphatic carbocycles. The Bertz CT molecular complexity index is 397. The number of nitro groups is 1. The molecule has 6 heteroatoms. The van der Waals surface area contributed by atoms with Gasteiger partial charge in [0.15, 0.2) is 0 Å². The van der Waals surface area contributed by atoms with Crippen molar-refractivity contribution in [2.75, 3.05) is 13.7 Å². The topological polar surface area (TPSA) is 61.6 Å². The molecule has 0 amide bonds. The number of ether oxygens (including phenoxy) is 2. The van der Waals surface area contributed by atoms with Gasteiger partial charge in [-0.15, -0.1) is 0 Å². The summed E-state index contributed by atoms with van der Waals surface area (Å²) in [6.45, 7) is 2.30. The molecule has 0 radical (unpaired) electrons. The fourth-order valence-corrected chi connectivity index (χ4v) is 1.64. The minimum Gasteiger partial charge on any atom is -0.491 e. The van der Waals surface area contributed by atoms with Crippen molar-refractivity contribution in [1.29, 1.82) is 0 Å². The Morgan fingerprint density at radius 3 is 2.76 bits per heavy atom. The Morgan fingerprint density at radius 2 is 2.24 bits per heavy atom. The van der Waals surface area contributed by atoms with Crippen LogP contribution in [0.3, 0.4) is 0 Å². The molecule has 1 aromatic rings. The molecule has 0 aliphatic rings. The maximum absolute atomic E-state index is 10.6. The van der Waals surface area contributed by atoms with Crippen LogP contribution in [0.25, 0.3) is 0 Å². The highest BCUT2D eigenvalue weighted by molar-refractivity contribution is 9.08. The van der Waals surface area contributed by atoms with E-state index in [9.17, 15) is 10.1 Å². The van der Waals surface area contributed by atoms with Crippen molar-refractivity contribution in [2.24, 2.45) is 0 Å². The number of rotatable bonds is 6. The first-order chi connectivity index (χ1) is 8.08. The summed E-state index contributed by atoms with van der Waals surface area (Å²) in [5, 5.41) is 11.1. The van der Waals surface area contributed by atoms with E-state index in [1.54, 1.807) is 13.2 Å². The predicted molar refractivity (Wildman–Crippen MR) is 67.7 cm³/mol. The van der Waals surface area contributed by atoms with Crippen LogP contribution in [0.2, 0.25) is 0 Å². The fourth-order valence-electron chi connectivity index (χ4n) is 1.20. The summed E-state index contributed by atoms with van der Waals surface area (Å²) < 4.78 is 10.6. The molecule has 0 spiro atoms. The van der Waals surface area contributed by atoms with E-state index in [0.717, 1.165) is 5.56 Å². The van der Waals surface area contributed by atoms with Gasteiger partial charge in [0, 0.05) is 30.1 Å². The summed E-state index contributed by atoms with van der Waals surface area (Å²) in [4.78, 5) is 10.2. The van der Waals surface area contributed by atoms with E-state index in [-0.39, 0.29) is 11.8 Å². The van der Waals surface area contributed by atoms with Crippen molar-refractivity contribution >= 4 is 21.6 Å². The van der Waals surface area contributed by atoms with Crippen LogP contribution in [0, 0.1) is 10.1 Å². The van der Waals surface area contributed by atoms with Crippen molar-refractivity contribution in [2.45, 2.75) is 18.4 Å². The van der Waals surface area contributed by atoms with Crippen LogP contribution >= 0.6 is 15.9 Å². The third-order valence-electron chi connectivity index (χ3n) is 2.27. The van der Waals surface area contributed by atoms with E-state index >= 15 is 0 Å². The highest BCUT2D eigenvalue weighted by atomic mass is 79.9. The largest absolute Gasteiger partial charge is 0.491 e. The number of hydrogen-bond donors (Lipinski definition) is 0. The summed E-state index contributed by atoms with van der Waals surface area (Å²) in [7, 11) is 1.61. The lowest BCUT2D eigenvalue weighted by Gasteiger charge is -2.13. The lowest BCUT2D eigenvalue weighted by molar-refractivity contribution is -0.384.